The molecule has 1 N–H and O–H groups in total. The monoisotopic (exact) mass is 278 g/mol. The first-order chi connectivity index (χ1) is 9.20. The van der Waals surface area contributed by atoms with Gasteiger partial charge in [0, 0.05) is 26.2 Å². The predicted molar refractivity (Wildman–Crippen MR) is 77.3 cm³/mol. The van der Waals surface area contributed by atoms with E-state index in [-0.39, 0.29) is 24.9 Å². The molecule has 1 aromatic rings. The first-order valence-electron chi connectivity index (χ1n) is 6.47. The van der Waals surface area contributed by atoms with E-state index < -0.39 is 5.60 Å². The molecular formula is C15H22N2O3. The lowest BCUT2D eigenvalue weighted by Crippen LogP contribution is -2.44. The van der Waals surface area contributed by atoms with Crippen molar-refractivity contribution in [3.05, 3.63) is 35.9 Å². The minimum absolute atomic E-state index is 0.0136. The summed E-state index contributed by atoms with van der Waals surface area (Å²) in [7, 11) is 3.20. The Morgan fingerprint density at radius 3 is 2.15 bits per heavy atom. The molecule has 0 bridgehead atoms. The number of carbonyl (C=O) groups is 2. The Morgan fingerprint density at radius 2 is 1.65 bits per heavy atom. The summed E-state index contributed by atoms with van der Waals surface area (Å²) in [5.74, 6) is -0.408. The first kappa shape index (κ1) is 16.2. The topological polar surface area (TPSA) is 60.9 Å². The Hall–Kier alpha value is -1.88. The van der Waals surface area contributed by atoms with Crippen LogP contribution in [0.15, 0.2) is 30.3 Å². The summed E-state index contributed by atoms with van der Waals surface area (Å²) in [5.41, 5.74) is -0.403. The van der Waals surface area contributed by atoms with Crippen LogP contribution in [0.4, 0.5) is 0 Å². The number of amides is 2. The van der Waals surface area contributed by atoms with Gasteiger partial charge in [-0.05, 0) is 26.0 Å². The lowest BCUT2D eigenvalue weighted by Gasteiger charge is -2.27. The normalized spacial score (nSPS) is 11.1. The fourth-order valence-corrected chi connectivity index (χ4v) is 1.87. The molecular weight excluding hydrogens is 256 g/mol. The largest absolute Gasteiger partial charge is 0.389 e. The van der Waals surface area contributed by atoms with Crippen molar-refractivity contribution in [1.82, 2.24) is 9.80 Å². The second-order valence-corrected chi connectivity index (χ2v) is 5.59. The fraction of sp³-hybridized carbons (Fsp3) is 0.467. The number of rotatable bonds is 5. The van der Waals surface area contributed by atoms with Gasteiger partial charge in [-0.25, -0.2) is 0 Å². The van der Waals surface area contributed by atoms with Crippen molar-refractivity contribution in [2.24, 2.45) is 0 Å². The van der Waals surface area contributed by atoms with E-state index in [0.29, 0.717) is 5.56 Å². The molecule has 0 fully saturated rings. The van der Waals surface area contributed by atoms with Crippen LogP contribution in [0.5, 0.6) is 0 Å². The second-order valence-electron chi connectivity index (χ2n) is 5.59. The van der Waals surface area contributed by atoms with Gasteiger partial charge >= 0.3 is 0 Å². The van der Waals surface area contributed by atoms with E-state index in [4.69, 9.17) is 0 Å². The molecule has 0 saturated carbocycles. The highest BCUT2D eigenvalue weighted by Gasteiger charge is 2.21. The maximum absolute atomic E-state index is 12.1. The Bertz CT molecular complexity index is 466. The van der Waals surface area contributed by atoms with Gasteiger partial charge in [0.05, 0.1) is 12.1 Å². The van der Waals surface area contributed by atoms with Crippen molar-refractivity contribution in [3.63, 3.8) is 0 Å². The van der Waals surface area contributed by atoms with E-state index in [0.717, 1.165) is 0 Å². The van der Waals surface area contributed by atoms with Gasteiger partial charge in [0.25, 0.3) is 5.91 Å². The molecule has 2 amide bonds. The fourth-order valence-electron chi connectivity index (χ4n) is 1.87. The molecule has 0 aliphatic heterocycles. The molecule has 5 nitrogen and oxygen atoms in total. The molecule has 5 heteroatoms. The van der Waals surface area contributed by atoms with Gasteiger partial charge < -0.3 is 14.9 Å². The summed E-state index contributed by atoms with van der Waals surface area (Å²) in [6.45, 7) is 3.48. The summed E-state index contributed by atoms with van der Waals surface area (Å²) >= 11 is 0. The minimum atomic E-state index is -0.952. The van der Waals surface area contributed by atoms with E-state index in [2.05, 4.69) is 0 Å². The average molecular weight is 278 g/mol. The third-order valence-corrected chi connectivity index (χ3v) is 2.79. The Balaban J connectivity index is 2.60. The van der Waals surface area contributed by atoms with E-state index >= 15 is 0 Å². The summed E-state index contributed by atoms with van der Waals surface area (Å²) in [6.07, 6.45) is 0. The smallest absolute Gasteiger partial charge is 0.254 e. The average Bonchev–Trinajstić information content (AvgIpc) is 2.36. The van der Waals surface area contributed by atoms with Gasteiger partial charge in [-0.1, -0.05) is 18.2 Å². The van der Waals surface area contributed by atoms with Crippen LogP contribution in [0.1, 0.15) is 24.2 Å². The van der Waals surface area contributed by atoms with Crippen LogP contribution in [0.25, 0.3) is 0 Å². The SMILES string of the molecule is CN(CC(C)(C)O)C(=O)CN(C)C(=O)c1ccccc1. The molecule has 0 spiro atoms. The zero-order valence-electron chi connectivity index (χ0n) is 12.5. The third-order valence-electron chi connectivity index (χ3n) is 2.79. The maximum Gasteiger partial charge on any atom is 0.254 e. The summed E-state index contributed by atoms with van der Waals surface area (Å²) in [5, 5.41) is 9.68. The molecule has 1 aromatic carbocycles. The van der Waals surface area contributed by atoms with Gasteiger partial charge in [-0.3, -0.25) is 9.59 Å². The zero-order chi connectivity index (χ0) is 15.3. The van der Waals surface area contributed by atoms with Crippen LogP contribution < -0.4 is 0 Å². The Morgan fingerprint density at radius 1 is 1.10 bits per heavy atom. The molecule has 0 radical (unpaired) electrons. The Kier molecular flexibility index (Phi) is 5.27. The van der Waals surface area contributed by atoms with Crippen molar-refractivity contribution in [2.75, 3.05) is 27.2 Å². The lowest BCUT2D eigenvalue weighted by atomic mass is 10.1. The summed E-state index contributed by atoms with van der Waals surface area (Å²) in [6, 6.07) is 8.82. The predicted octanol–water partition coefficient (Wildman–Crippen LogP) is 0.988. The minimum Gasteiger partial charge on any atom is -0.389 e. The van der Waals surface area contributed by atoms with E-state index in [1.54, 1.807) is 52.2 Å². The van der Waals surface area contributed by atoms with Crippen molar-refractivity contribution in [3.8, 4) is 0 Å². The number of hydrogen-bond acceptors (Lipinski definition) is 3. The number of likely N-dealkylation sites (N-methyl/N-ethyl adjacent to an activating group) is 2. The van der Waals surface area contributed by atoms with Gasteiger partial charge in [0.2, 0.25) is 5.91 Å². The Labute approximate surface area is 119 Å². The van der Waals surface area contributed by atoms with Crippen LogP contribution >= 0.6 is 0 Å². The summed E-state index contributed by atoms with van der Waals surface area (Å²) in [4.78, 5) is 26.9. The quantitative estimate of drug-likeness (QED) is 0.873. The molecule has 0 unspecified atom stereocenters. The van der Waals surface area contributed by atoms with Gasteiger partial charge in [-0.2, -0.15) is 0 Å². The van der Waals surface area contributed by atoms with Crippen molar-refractivity contribution >= 4 is 11.8 Å². The van der Waals surface area contributed by atoms with Crippen molar-refractivity contribution in [1.29, 1.82) is 0 Å². The van der Waals surface area contributed by atoms with E-state index in [1.165, 1.54) is 9.80 Å². The highest BCUT2D eigenvalue weighted by atomic mass is 16.3. The lowest BCUT2D eigenvalue weighted by molar-refractivity contribution is -0.133. The number of carbonyl (C=O) groups excluding carboxylic acids is 2. The molecule has 0 aromatic heterocycles. The van der Waals surface area contributed by atoms with Crippen LogP contribution in [-0.2, 0) is 4.79 Å². The number of benzene rings is 1. The molecule has 20 heavy (non-hydrogen) atoms. The molecule has 0 aliphatic rings. The first-order valence-corrected chi connectivity index (χ1v) is 6.47. The number of hydrogen-bond donors (Lipinski definition) is 1. The molecule has 0 aliphatic carbocycles. The standard InChI is InChI=1S/C15H22N2O3/c1-15(2,20)11-17(4)13(18)10-16(3)14(19)12-8-6-5-7-9-12/h5-9,20H,10-11H2,1-4H3. The maximum atomic E-state index is 12.1. The van der Waals surface area contributed by atoms with Crippen LogP contribution in [0.2, 0.25) is 0 Å². The number of nitrogens with zero attached hydrogens (tertiary/aromatic N) is 2. The van der Waals surface area contributed by atoms with Gasteiger partial charge in [0.1, 0.15) is 0 Å². The van der Waals surface area contributed by atoms with Gasteiger partial charge in [0.15, 0.2) is 0 Å². The van der Waals surface area contributed by atoms with Crippen LogP contribution in [0.3, 0.4) is 0 Å². The van der Waals surface area contributed by atoms with Crippen LogP contribution in [-0.4, -0.2) is 59.5 Å². The highest BCUT2D eigenvalue weighted by Crippen LogP contribution is 2.06. The van der Waals surface area contributed by atoms with Crippen LogP contribution in [0, 0.1) is 0 Å². The molecule has 1 rings (SSSR count). The highest BCUT2D eigenvalue weighted by molar-refractivity contribution is 5.96. The molecule has 0 heterocycles. The van der Waals surface area contributed by atoms with Crippen molar-refractivity contribution < 1.29 is 14.7 Å². The summed E-state index contributed by atoms with van der Waals surface area (Å²) < 4.78 is 0. The molecule has 110 valence electrons. The van der Waals surface area contributed by atoms with Crippen molar-refractivity contribution in [2.45, 2.75) is 19.4 Å². The number of aliphatic hydroxyl groups is 1. The van der Waals surface area contributed by atoms with E-state index in [9.17, 15) is 14.7 Å². The zero-order valence-corrected chi connectivity index (χ0v) is 12.5. The van der Waals surface area contributed by atoms with E-state index in [1.807, 2.05) is 6.07 Å². The second kappa shape index (κ2) is 6.52. The van der Waals surface area contributed by atoms with Gasteiger partial charge in [-0.15, -0.1) is 0 Å². The molecule has 0 atom stereocenters. The third kappa shape index (κ3) is 5.01. The molecule has 0 saturated heterocycles.